The second-order valence-electron chi connectivity index (χ2n) is 13.0. The van der Waals surface area contributed by atoms with E-state index >= 15 is 0 Å². The molecule has 1 aromatic heterocycles. The number of carbonyl (C=O) groups is 1. The van der Waals surface area contributed by atoms with Crippen molar-refractivity contribution in [3.05, 3.63) is 46.3 Å². The third-order valence-electron chi connectivity index (χ3n) is 9.85. The van der Waals surface area contributed by atoms with E-state index in [-0.39, 0.29) is 11.5 Å². The molecule has 2 N–H and O–H groups in total. The molecule has 1 aromatic carbocycles. The van der Waals surface area contributed by atoms with Gasteiger partial charge in [-0.15, -0.1) is 0 Å². The van der Waals surface area contributed by atoms with Gasteiger partial charge in [-0.05, 0) is 61.6 Å². The maximum atomic E-state index is 14.4. The van der Waals surface area contributed by atoms with E-state index in [2.05, 4.69) is 32.3 Å². The Labute approximate surface area is 260 Å². The van der Waals surface area contributed by atoms with Crippen LogP contribution in [0.25, 0.3) is 5.57 Å². The average Bonchev–Trinajstić information content (AvgIpc) is 3.64. The number of hydrogen-bond acceptors (Lipinski definition) is 7. The molecular formula is C33H48F2N8O. The molecule has 1 aliphatic carbocycles. The number of halogens is 2. The minimum absolute atomic E-state index is 0.0640. The summed E-state index contributed by atoms with van der Waals surface area (Å²) in [5.74, 6) is 0.913. The largest absolute Gasteiger partial charge is 0.338 e. The van der Waals surface area contributed by atoms with E-state index in [0.29, 0.717) is 31.2 Å². The number of amides is 1. The molecule has 7 rings (SSSR count). The first-order valence-electron chi connectivity index (χ1n) is 16.4. The summed E-state index contributed by atoms with van der Waals surface area (Å²) >= 11 is 0. The first-order chi connectivity index (χ1) is 21.3. The first-order valence-corrected chi connectivity index (χ1v) is 16.4. The van der Waals surface area contributed by atoms with E-state index in [1.165, 1.54) is 38.0 Å². The lowest BCUT2D eigenvalue weighted by Crippen LogP contribution is -2.40. The SMILES string of the molecule is CC(=O)N1CCc2c(c(N3CCCc4cc(C5=CN(C)NC5)c(C(F)F)cc43)nn2C2CCCCC2)C1.CN1CCNCC1. The molecule has 240 valence electrons. The molecule has 0 atom stereocenters. The van der Waals surface area contributed by atoms with Crippen molar-refractivity contribution in [1.29, 1.82) is 0 Å². The van der Waals surface area contributed by atoms with Crippen LogP contribution in [0.4, 0.5) is 20.3 Å². The number of anilines is 2. The molecule has 1 amide bonds. The number of hydrogen-bond donors (Lipinski definition) is 2. The normalized spacial score (nSPS) is 21.1. The predicted molar refractivity (Wildman–Crippen MR) is 170 cm³/mol. The molecule has 0 radical (unpaired) electrons. The molecule has 5 aliphatic rings. The van der Waals surface area contributed by atoms with Crippen LogP contribution in [0.3, 0.4) is 0 Å². The van der Waals surface area contributed by atoms with Crippen molar-refractivity contribution in [2.45, 2.75) is 77.3 Å². The summed E-state index contributed by atoms with van der Waals surface area (Å²) in [5, 5.41) is 10.3. The van der Waals surface area contributed by atoms with Crippen molar-refractivity contribution in [2.75, 3.05) is 64.8 Å². The van der Waals surface area contributed by atoms with Crippen LogP contribution < -0.4 is 15.6 Å². The third-order valence-corrected chi connectivity index (χ3v) is 9.85. The van der Waals surface area contributed by atoms with Gasteiger partial charge in [0.05, 0.1) is 12.6 Å². The zero-order valence-electron chi connectivity index (χ0n) is 26.5. The highest BCUT2D eigenvalue weighted by atomic mass is 19.3. The second kappa shape index (κ2) is 13.5. The van der Waals surface area contributed by atoms with Gasteiger partial charge in [0, 0.05) is 94.9 Å². The fourth-order valence-electron chi connectivity index (χ4n) is 7.35. The Kier molecular flexibility index (Phi) is 9.53. The summed E-state index contributed by atoms with van der Waals surface area (Å²) in [7, 11) is 4.03. The van der Waals surface area contributed by atoms with Crippen LogP contribution in [0, 0.1) is 0 Å². The molecule has 1 saturated heterocycles. The van der Waals surface area contributed by atoms with E-state index in [4.69, 9.17) is 5.10 Å². The summed E-state index contributed by atoms with van der Waals surface area (Å²) < 4.78 is 31.0. The van der Waals surface area contributed by atoms with Gasteiger partial charge >= 0.3 is 0 Å². The van der Waals surface area contributed by atoms with Crippen LogP contribution in [-0.4, -0.2) is 90.4 Å². The van der Waals surface area contributed by atoms with Crippen LogP contribution >= 0.6 is 0 Å². The Balaban J connectivity index is 0.000000433. The van der Waals surface area contributed by atoms with Gasteiger partial charge in [-0.1, -0.05) is 19.3 Å². The lowest BCUT2D eigenvalue weighted by Gasteiger charge is -2.33. The Hall–Kier alpha value is -3.02. The Morgan fingerprint density at radius 1 is 1.00 bits per heavy atom. The highest BCUT2D eigenvalue weighted by molar-refractivity contribution is 5.78. The number of nitrogens with one attached hydrogen (secondary N) is 2. The minimum Gasteiger partial charge on any atom is -0.338 e. The van der Waals surface area contributed by atoms with Gasteiger partial charge in [0.2, 0.25) is 5.91 Å². The molecule has 0 spiro atoms. The molecule has 0 unspecified atom stereocenters. The van der Waals surface area contributed by atoms with E-state index in [9.17, 15) is 13.6 Å². The summed E-state index contributed by atoms with van der Waals surface area (Å²) in [4.78, 5) is 18.7. The van der Waals surface area contributed by atoms with E-state index < -0.39 is 6.43 Å². The Bertz CT molecular complexity index is 1360. The zero-order valence-corrected chi connectivity index (χ0v) is 26.5. The van der Waals surface area contributed by atoms with Crippen LogP contribution in [0.1, 0.15) is 85.9 Å². The zero-order chi connectivity index (χ0) is 30.8. The van der Waals surface area contributed by atoms with Crippen molar-refractivity contribution in [2.24, 2.45) is 0 Å². The maximum Gasteiger partial charge on any atom is 0.264 e. The van der Waals surface area contributed by atoms with Crippen molar-refractivity contribution < 1.29 is 13.6 Å². The third kappa shape index (κ3) is 6.50. The Morgan fingerprint density at radius 2 is 1.77 bits per heavy atom. The van der Waals surface area contributed by atoms with Crippen LogP contribution in [0.2, 0.25) is 0 Å². The highest BCUT2D eigenvalue weighted by Gasteiger charge is 2.34. The average molecular weight is 611 g/mol. The number of benzene rings is 1. The van der Waals surface area contributed by atoms with Gasteiger partial charge in [-0.2, -0.15) is 5.10 Å². The molecular weight excluding hydrogens is 562 g/mol. The number of aromatic nitrogens is 2. The molecule has 11 heteroatoms. The fraction of sp³-hybridized carbons (Fsp3) is 0.636. The smallest absolute Gasteiger partial charge is 0.264 e. The lowest BCUT2D eigenvalue weighted by molar-refractivity contribution is -0.129. The van der Waals surface area contributed by atoms with Gasteiger partial charge in [0.15, 0.2) is 5.82 Å². The number of alkyl halides is 2. The van der Waals surface area contributed by atoms with Crippen LogP contribution in [0.15, 0.2) is 18.3 Å². The lowest BCUT2D eigenvalue weighted by atomic mass is 9.92. The standard InChI is InChI=1S/C28H36F2N6O.C5H12N2/c1-18(37)34-12-10-25-24(17-34)28(32-36(25)21-8-4-3-5-9-21)35-11-6-7-19-13-22(20-15-31-33(2)16-20)23(27(29)30)14-26(19)35;1-7-4-2-6-3-5-7/h13-14,16,21,27,31H,3-12,15,17H2,1-2H3;6H,2-5H2,1H3. The highest BCUT2D eigenvalue weighted by Crippen LogP contribution is 2.43. The van der Waals surface area contributed by atoms with Gasteiger partial charge in [-0.3, -0.25) is 9.48 Å². The molecule has 1 saturated carbocycles. The Morgan fingerprint density at radius 3 is 2.41 bits per heavy atom. The topological polar surface area (TPSA) is 71.9 Å². The number of aryl methyl sites for hydroxylation is 1. The number of hydrazine groups is 1. The van der Waals surface area contributed by atoms with Crippen molar-refractivity contribution in [3.63, 3.8) is 0 Å². The molecule has 2 aromatic rings. The van der Waals surface area contributed by atoms with Crippen LogP contribution in [-0.2, 0) is 24.2 Å². The van der Waals surface area contributed by atoms with Crippen molar-refractivity contribution in [1.82, 2.24) is 35.3 Å². The molecule has 2 fully saturated rings. The molecule has 5 heterocycles. The van der Waals surface area contributed by atoms with Crippen LogP contribution in [0.5, 0.6) is 0 Å². The summed E-state index contributed by atoms with van der Waals surface area (Å²) in [6, 6.07) is 4.05. The first kappa shape index (κ1) is 31.0. The van der Waals surface area contributed by atoms with Gasteiger partial charge in [0.25, 0.3) is 6.43 Å². The maximum absolute atomic E-state index is 14.4. The van der Waals surface area contributed by atoms with Crippen molar-refractivity contribution in [3.8, 4) is 0 Å². The second-order valence-corrected chi connectivity index (χ2v) is 13.0. The number of fused-ring (bicyclic) bond motifs is 2. The fourth-order valence-corrected chi connectivity index (χ4v) is 7.35. The quantitative estimate of drug-likeness (QED) is 0.524. The number of nitrogens with zero attached hydrogens (tertiary/aromatic N) is 6. The summed E-state index contributed by atoms with van der Waals surface area (Å²) in [5.41, 5.74) is 8.99. The number of piperazine rings is 1. The molecule has 9 nitrogen and oxygen atoms in total. The number of rotatable bonds is 4. The van der Waals surface area contributed by atoms with Crippen molar-refractivity contribution >= 4 is 23.0 Å². The summed E-state index contributed by atoms with van der Waals surface area (Å²) in [6.45, 7) is 8.87. The number of carbonyl (C=O) groups excluding carboxylic acids is 1. The van der Waals surface area contributed by atoms with Gasteiger partial charge in [-0.25, -0.2) is 14.2 Å². The predicted octanol–water partition coefficient (Wildman–Crippen LogP) is 4.63. The van der Waals surface area contributed by atoms with E-state index in [1.54, 1.807) is 13.0 Å². The van der Waals surface area contributed by atoms with Gasteiger partial charge < -0.3 is 25.0 Å². The minimum atomic E-state index is -2.57. The van der Waals surface area contributed by atoms with E-state index in [1.807, 2.05) is 29.2 Å². The summed E-state index contributed by atoms with van der Waals surface area (Å²) in [6.07, 6.45) is 7.82. The van der Waals surface area contributed by atoms with Gasteiger partial charge in [0.1, 0.15) is 0 Å². The van der Waals surface area contributed by atoms with E-state index in [0.717, 1.165) is 79.9 Å². The monoisotopic (exact) mass is 610 g/mol. The molecule has 4 aliphatic heterocycles. The number of likely N-dealkylation sites (N-methyl/N-ethyl adjacent to an activating group) is 1. The molecule has 0 bridgehead atoms. The molecule has 44 heavy (non-hydrogen) atoms.